The molecule has 2 atom stereocenters. The average Bonchev–Trinajstić information content (AvgIpc) is 3.66. The van der Waals surface area contributed by atoms with Crippen LogP contribution < -0.4 is 5.32 Å². The van der Waals surface area contributed by atoms with Crippen LogP contribution in [0.5, 0.6) is 0 Å². The molecule has 2 aliphatic carbocycles. The van der Waals surface area contributed by atoms with E-state index in [1.54, 1.807) is 6.20 Å². The normalized spacial score (nSPS) is 25.0. The number of halogens is 1. The Kier molecular flexibility index (Phi) is 3.86. The number of anilines is 1. The summed E-state index contributed by atoms with van der Waals surface area (Å²) in [5, 5.41) is 5.31. The highest BCUT2D eigenvalue weighted by atomic mass is 35.5. The van der Waals surface area contributed by atoms with Crippen molar-refractivity contribution >= 4 is 34.2 Å². The van der Waals surface area contributed by atoms with Crippen molar-refractivity contribution in [3.63, 3.8) is 0 Å². The van der Waals surface area contributed by atoms with Gasteiger partial charge in [0.25, 0.3) is 5.91 Å². The number of nitrogens with one attached hydrogen (secondary N) is 2. The van der Waals surface area contributed by atoms with Gasteiger partial charge >= 0.3 is 0 Å². The molecule has 2 aromatic heterocycles. The Bertz CT molecular complexity index is 1100. The Morgan fingerprint density at radius 3 is 2.66 bits per heavy atom. The van der Waals surface area contributed by atoms with Crippen molar-refractivity contribution in [2.45, 2.75) is 12.5 Å². The van der Waals surface area contributed by atoms with E-state index in [-0.39, 0.29) is 5.91 Å². The van der Waals surface area contributed by atoms with E-state index < -0.39 is 0 Å². The van der Waals surface area contributed by atoms with Gasteiger partial charge in [0.2, 0.25) is 0 Å². The van der Waals surface area contributed by atoms with Crippen LogP contribution in [-0.2, 0) is 4.74 Å². The van der Waals surface area contributed by atoms with Crippen molar-refractivity contribution in [3.8, 4) is 11.1 Å². The van der Waals surface area contributed by atoms with Crippen LogP contribution in [-0.4, -0.2) is 53.1 Å². The van der Waals surface area contributed by atoms with Crippen molar-refractivity contribution in [1.82, 2.24) is 14.9 Å². The Balaban J connectivity index is 1.34. The lowest BCUT2D eigenvalue weighted by Crippen LogP contribution is -2.40. The predicted molar refractivity (Wildman–Crippen MR) is 112 cm³/mol. The number of H-pyrrole nitrogens is 1. The molecule has 29 heavy (non-hydrogen) atoms. The van der Waals surface area contributed by atoms with E-state index in [2.05, 4.69) is 15.3 Å². The summed E-state index contributed by atoms with van der Waals surface area (Å²) in [6.07, 6.45) is 5.00. The molecule has 1 amide bonds. The number of benzene rings is 1. The molecule has 1 aliphatic heterocycles. The van der Waals surface area contributed by atoms with Crippen LogP contribution in [0.4, 0.5) is 5.69 Å². The standard InChI is InChI=1S/C22H21ClN4O2/c23-17-11-25-21-18(17)20(26-19-14-9-15(14)19)16(10-24-21)12-1-3-13(4-2-12)22(28)27-5-7-29-8-6-27/h1-4,10-11,14-15,19H,5-9H2,(H2,24,25,26). The number of ether oxygens (including phenoxy) is 1. The molecule has 2 N–H and O–H groups in total. The molecule has 0 bridgehead atoms. The molecule has 2 unspecified atom stereocenters. The summed E-state index contributed by atoms with van der Waals surface area (Å²) in [5.41, 5.74) is 4.55. The molecular formula is C22H21ClN4O2. The number of pyridine rings is 1. The molecule has 1 saturated heterocycles. The van der Waals surface area contributed by atoms with Crippen LogP contribution in [0.1, 0.15) is 16.8 Å². The van der Waals surface area contributed by atoms with Crippen LogP contribution in [0.15, 0.2) is 36.7 Å². The summed E-state index contributed by atoms with van der Waals surface area (Å²) >= 11 is 6.47. The third-order valence-corrected chi connectivity index (χ3v) is 6.68. The second-order valence-corrected chi connectivity index (χ2v) is 8.53. The maximum absolute atomic E-state index is 12.7. The molecule has 1 aromatic carbocycles. The number of nitrogens with zero attached hydrogens (tertiary/aromatic N) is 2. The second-order valence-electron chi connectivity index (χ2n) is 8.12. The van der Waals surface area contributed by atoms with Crippen molar-refractivity contribution < 1.29 is 9.53 Å². The summed E-state index contributed by atoms with van der Waals surface area (Å²) in [7, 11) is 0. The van der Waals surface area contributed by atoms with Gasteiger partial charge in [0, 0.05) is 42.7 Å². The highest BCUT2D eigenvalue weighted by Crippen LogP contribution is 2.64. The number of hydrogen-bond donors (Lipinski definition) is 2. The molecular weight excluding hydrogens is 388 g/mol. The van der Waals surface area contributed by atoms with Gasteiger partial charge in [-0.3, -0.25) is 4.79 Å². The summed E-state index contributed by atoms with van der Waals surface area (Å²) in [4.78, 5) is 22.3. The third kappa shape index (κ3) is 2.90. The van der Waals surface area contributed by atoms with Gasteiger partial charge in [-0.1, -0.05) is 23.7 Å². The quantitative estimate of drug-likeness (QED) is 0.689. The van der Waals surface area contributed by atoms with Crippen LogP contribution in [0.25, 0.3) is 22.2 Å². The van der Waals surface area contributed by atoms with Gasteiger partial charge in [0.15, 0.2) is 0 Å². The third-order valence-electron chi connectivity index (χ3n) is 6.38. The van der Waals surface area contributed by atoms with Gasteiger partial charge in [-0.15, -0.1) is 0 Å². The minimum absolute atomic E-state index is 0.0542. The minimum Gasteiger partial charge on any atom is -0.381 e. The first-order valence-corrected chi connectivity index (χ1v) is 10.5. The fraction of sp³-hybridized carbons (Fsp3) is 0.364. The number of carbonyl (C=O) groups excluding carboxylic acids is 1. The first kappa shape index (κ1) is 17.3. The van der Waals surface area contributed by atoms with E-state index in [1.165, 1.54) is 6.42 Å². The monoisotopic (exact) mass is 408 g/mol. The van der Waals surface area contributed by atoms with Crippen LogP contribution in [0, 0.1) is 11.8 Å². The van der Waals surface area contributed by atoms with Gasteiger partial charge in [-0.2, -0.15) is 0 Å². The highest BCUT2D eigenvalue weighted by Gasteiger charge is 2.64. The predicted octanol–water partition coefficient (Wildman–Crippen LogP) is 3.79. The fourth-order valence-corrected chi connectivity index (χ4v) is 4.56. The van der Waals surface area contributed by atoms with E-state index in [1.807, 2.05) is 35.4 Å². The average molecular weight is 409 g/mol. The summed E-state index contributed by atoms with van der Waals surface area (Å²) in [6, 6.07) is 8.33. The van der Waals surface area contributed by atoms with Crippen LogP contribution in [0.2, 0.25) is 5.02 Å². The van der Waals surface area contributed by atoms with E-state index in [4.69, 9.17) is 16.3 Å². The number of fused-ring (bicyclic) bond motifs is 2. The van der Waals surface area contributed by atoms with Crippen molar-refractivity contribution in [2.24, 2.45) is 11.8 Å². The molecule has 0 radical (unpaired) electrons. The molecule has 6 nitrogen and oxygen atoms in total. The zero-order valence-corrected chi connectivity index (χ0v) is 16.6. The van der Waals surface area contributed by atoms with Crippen molar-refractivity contribution in [2.75, 3.05) is 31.6 Å². The minimum atomic E-state index is 0.0542. The molecule has 0 spiro atoms. The SMILES string of the molecule is O=C(c1ccc(-c2cnc3[nH]cc(Cl)c3c2NC2C3CC32)cc1)N1CCOCC1. The number of rotatable bonds is 4. The van der Waals surface area contributed by atoms with E-state index in [0.29, 0.717) is 42.9 Å². The molecule has 7 heteroatoms. The molecule has 3 heterocycles. The van der Waals surface area contributed by atoms with Crippen molar-refractivity contribution in [1.29, 1.82) is 0 Å². The first-order valence-electron chi connectivity index (χ1n) is 10.1. The zero-order chi connectivity index (χ0) is 19.5. The lowest BCUT2D eigenvalue weighted by atomic mass is 10.0. The number of morpholine rings is 1. The Hall–Kier alpha value is -2.57. The number of aromatic nitrogens is 2. The van der Waals surface area contributed by atoms with E-state index >= 15 is 0 Å². The molecule has 148 valence electrons. The largest absolute Gasteiger partial charge is 0.381 e. The molecule has 3 aliphatic rings. The topological polar surface area (TPSA) is 70.2 Å². The number of hydrogen-bond acceptors (Lipinski definition) is 4. The van der Waals surface area contributed by atoms with Crippen LogP contribution >= 0.6 is 11.6 Å². The van der Waals surface area contributed by atoms with Gasteiger partial charge in [0.05, 0.1) is 29.3 Å². The fourth-order valence-electron chi connectivity index (χ4n) is 4.33. The molecule has 3 fully saturated rings. The van der Waals surface area contributed by atoms with Gasteiger partial charge in [-0.25, -0.2) is 4.98 Å². The molecule has 2 saturated carbocycles. The lowest BCUT2D eigenvalue weighted by Gasteiger charge is -2.27. The Labute approximate surface area is 173 Å². The highest BCUT2D eigenvalue weighted by molar-refractivity contribution is 6.36. The Morgan fingerprint density at radius 2 is 1.97 bits per heavy atom. The maximum Gasteiger partial charge on any atom is 0.254 e. The first-order chi connectivity index (χ1) is 14.2. The summed E-state index contributed by atoms with van der Waals surface area (Å²) < 4.78 is 5.34. The summed E-state index contributed by atoms with van der Waals surface area (Å²) in [5.74, 6) is 1.69. The van der Waals surface area contributed by atoms with Crippen LogP contribution in [0.3, 0.4) is 0 Å². The zero-order valence-electron chi connectivity index (χ0n) is 15.8. The molecule has 6 rings (SSSR count). The van der Waals surface area contributed by atoms with Crippen molar-refractivity contribution in [3.05, 3.63) is 47.2 Å². The van der Waals surface area contributed by atoms with E-state index in [0.717, 1.165) is 39.7 Å². The summed E-state index contributed by atoms with van der Waals surface area (Å²) in [6.45, 7) is 2.49. The van der Waals surface area contributed by atoms with Gasteiger partial charge in [0.1, 0.15) is 5.65 Å². The maximum atomic E-state index is 12.7. The number of aromatic amines is 1. The lowest BCUT2D eigenvalue weighted by molar-refractivity contribution is 0.0303. The molecule has 3 aromatic rings. The van der Waals surface area contributed by atoms with E-state index in [9.17, 15) is 4.79 Å². The smallest absolute Gasteiger partial charge is 0.254 e. The number of amides is 1. The van der Waals surface area contributed by atoms with Gasteiger partial charge < -0.3 is 19.9 Å². The van der Waals surface area contributed by atoms with Gasteiger partial charge in [-0.05, 0) is 36.0 Å². The second kappa shape index (κ2) is 6.47. The number of carbonyl (C=O) groups is 1. The Morgan fingerprint density at radius 1 is 1.21 bits per heavy atom.